The number of hydrogen-bond acceptors (Lipinski definition) is 3. The summed E-state index contributed by atoms with van der Waals surface area (Å²) in [5.41, 5.74) is 3.90. The van der Waals surface area contributed by atoms with Gasteiger partial charge in [0.2, 0.25) is 0 Å². The van der Waals surface area contributed by atoms with Crippen LogP contribution >= 0.6 is 23.2 Å². The summed E-state index contributed by atoms with van der Waals surface area (Å²) in [4.78, 5) is 0. The molecular formula is C11H11Cl2FN4. The molecule has 1 unspecified atom stereocenters. The molecule has 96 valence electrons. The third-order valence-electron chi connectivity index (χ3n) is 2.65. The highest BCUT2D eigenvalue weighted by atomic mass is 35.5. The predicted molar refractivity (Wildman–Crippen MR) is 68.8 cm³/mol. The highest BCUT2D eigenvalue weighted by Crippen LogP contribution is 2.31. The van der Waals surface area contributed by atoms with E-state index in [1.807, 2.05) is 0 Å². The van der Waals surface area contributed by atoms with Crippen molar-refractivity contribution in [2.24, 2.45) is 12.9 Å². The van der Waals surface area contributed by atoms with Gasteiger partial charge in [-0.3, -0.25) is 10.5 Å². The van der Waals surface area contributed by atoms with Crippen molar-refractivity contribution in [3.05, 3.63) is 51.5 Å². The molecule has 7 heteroatoms. The Morgan fingerprint density at radius 2 is 2.11 bits per heavy atom. The van der Waals surface area contributed by atoms with E-state index in [9.17, 15) is 4.39 Å². The van der Waals surface area contributed by atoms with Crippen LogP contribution in [0, 0.1) is 5.82 Å². The summed E-state index contributed by atoms with van der Waals surface area (Å²) in [5.74, 6) is 5.13. The fourth-order valence-electron chi connectivity index (χ4n) is 1.80. The molecule has 0 amide bonds. The summed E-state index contributed by atoms with van der Waals surface area (Å²) in [5, 5.41) is 4.76. The van der Waals surface area contributed by atoms with E-state index in [0.717, 1.165) is 0 Å². The van der Waals surface area contributed by atoms with Crippen LogP contribution in [0.4, 0.5) is 4.39 Å². The minimum absolute atomic E-state index is 0.273. The quantitative estimate of drug-likeness (QED) is 0.674. The first kappa shape index (κ1) is 13.3. The minimum atomic E-state index is -0.460. The van der Waals surface area contributed by atoms with Crippen molar-refractivity contribution in [3.8, 4) is 0 Å². The maximum atomic E-state index is 13.0. The van der Waals surface area contributed by atoms with E-state index in [4.69, 9.17) is 29.0 Å². The van der Waals surface area contributed by atoms with Crippen molar-refractivity contribution < 1.29 is 4.39 Å². The van der Waals surface area contributed by atoms with Crippen molar-refractivity contribution in [2.75, 3.05) is 0 Å². The second kappa shape index (κ2) is 5.24. The lowest BCUT2D eigenvalue weighted by Crippen LogP contribution is -2.30. The molecule has 4 nitrogen and oxygen atoms in total. The summed E-state index contributed by atoms with van der Waals surface area (Å²) in [6.45, 7) is 0. The number of aromatic nitrogens is 2. The second-order valence-electron chi connectivity index (χ2n) is 3.77. The molecule has 0 aliphatic rings. The van der Waals surface area contributed by atoms with Gasteiger partial charge in [0.1, 0.15) is 5.82 Å². The number of nitrogens with one attached hydrogen (secondary N) is 1. The van der Waals surface area contributed by atoms with Gasteiger partial charge < -0.3 is 0 Å². The number of nitrogens with zero attached hydrogens (tertiary/aromatic N) is 2. The molecule has 18 heavy (non-hydrogen) atoms. The SMILES string of the molecule is Cn1ncc(Cl)c1C(NN)c1ccc(F)cc1Cl. The third kappa shape index (κ3) is 2.35. The van der Waals surface area contributed by atoms with E-state index >= 15 is 0 Å². The van der Waals surface area contributed by atoms with Gasteiger partial charge in [-0.1, -0.05) is 29.3 Å². The Morgan fingerprint density at radius 1 is 1.39 bits per heavy atom. The smallest absolute Gasteiger partial charge is 0.124 e. The Morgan fingerprint density at radius 3 is 2.61 bits per heavy atom. The molecule has 0 bridgehead atoms. The highest BCUT2D eigenvalue weighted by Gasteiger charge is 2.22. The van der Waals surface area contributed by atoms with Crippen LogP contribution in [-0.4, -0.2) is 9.78 Å². The molecule has 1 atom stereocenters. The summed E-state index contributed by atoms with van der Waals surface area (Å²) in [7, 11) is 1.74. The number of hydrazine groups is 1. The highest BCUT2D eigenvalue weighted by molar-refractivity contribution is 6.32. The zero-order valence-corrected chi connectivity index (χ0v) is 11.0. The molecule has 0 saturated heterocycles. The Labute approximate surface area is 113 Å². The van der Waals surface area contributed by atoms with E-state index in [2.05, 4.69) is 10.5 Å². The average molecular weight is 289 g/mol. The number of halogens is 3. The van der Waals surface area contributed by atoms with Crippen LogP contribution < -0.4 is 11.3 Å². The lowest BCUT2D eigenvalue weighted by atomic mass is 10.0. The Kier molecular flexibility index (Phi) is 3.87. The molecule has 1 aromatic carbocycles. The summed E-state index contributed by atoms with van der Waals surface area (Å²) in [6, 6.07) is 3.64. The van der Waals surface area contributed by atoms with Gasteiger partial charge in [0.05, 0.1) is 23.0 Å². The number of nitrogens with two attached hydrogens (primary N) is 1. The monoisotopic (exact) mass is 288 g/mol. The normalized spacial score (nSPS) is 12.7. The Bertz CT molecular complexity index is 551. The molecule has 0 saturated carbocycles. The predicted octanol–water partition coefficient (Wildman–Crippen LogP) is 2.42. The second-order valence-corrected chi connectivity index (χ2v) is 4.58. The van der Waals surface area contributed by atoms with Gasteiger partial charge in [0.25, 0.3) is 0 Å². The maximum absolute atomic E-state index is 13.0. The molecule has 0 aliphatic heterocycles. The van der Waals surface area contributed by atoms with Crippen molar-refractivity contribution in [1.82, 2.24) is 15.2 Å². The molecule has 0 spiro atoms. The Hall–Kier alpha value is -1.14. The van der Waals surface area contributed by atoms with Crippen LogP contribution in [0.25, 0.3) is 0 Å². The summed E-state index contributed by atoms with van der Waals surface area (Å²) >= 11 is 12.1. The van der Waals surface area contributed by atoms with Gasteiger partial charge in [-0.2, -0.15) is 5.10 Å². The van der Waals surface area contributed by atoms with E-state index in [1.165, 1.54) is 18.3 Å². The van der Waals surface area contributed by atoms with Gasteiger partial charge in [-0.05, 0) is 17.7 Å². The van der Waals surface area contributed by atoms with E-state index in [-0.39, 0.29) is 5.02 Å². The molecule has 3 N–H and O–H groups in total. The zero-order valence-electron chi connectivity index (χ0n) is 9.49. The molecule has 0 fully saturated rings. The maximum Gasteiger partial charge on any atom is 0.124 e. The van der Waals surface area contributed by atoms with Gasteiger partial charge in [-0.25, -0.2) is 9.82 Å². The van der Waals surface area contributed by atoms with Crippen molar-refractivity contribution >= 4 is 23.2 Å². The zero-order chi connectivity index (χ0) is 13.3. The fraction of sp³-hybridized carbons (Fsp3) is 0.182. The van der Waals surface area contributed by atoms with Crippen LogP contribution in [0.5, 0.6) is 0 Å². The van der Waals surface area contributed by atoms with Crippen LogP contribution in [0.1, 0.15) is 17.3 Å². The van der Waals surface area contributed by atoms with Gasteiger partial charge in [0.15, 0.2) is 0 Å². The average Bonchev–Trinajstić information content (AvgIpc) is 2.64. The first-order valence-corrected chi connectivity index (χ1v) is 5.88. The van der Waals surface area contributed by atoms with Crippen molar-refractivity contribution in [1.29, 1.82) is 0 Å². The molecule has 0 aliphatic carbocycles. The molecule has 2 rings (SSSR count). The first-order valence-electron chi connectivity index (χ1n) is 5.13. The van der Waals surface area contributed by atoms with Gasteiger partial charge >= 0.3 is 0 Å². The van der Waals surface area contributed by atoms with Crippen LogP contribution in [0.2, 0.25) is 10.0 Å². The van der Waals surface area contributed by atoms with Crippen LogP contribution in [0.15, 0.2) is 24.4 Å². The minimum Gasteiger partial charge on any atom is -0.271 e. The molecule has 2 aromatic rings. The lowest BCUT2D eigenvalue weighted by molar-refractivity contribution is 0.572. The molecule has 0 radical (unpaired) electrons. The number of rotatable bonds is 3. The topological polar surface area (TPSA) is 55.9 Å². The van der Waals surface area contributed by atoms with Gasteiger partial charge in [0, 0.05) is 12.1 Å². The number of hydrogen-bond donors (Lipinski definition) is 2. The number of aryl methyl sites for hydroxylation is 1. The third-order valence-corrected chi connectivity index (χ3v) is 3.27. The molecule has 1 heterocycles. The molecule has 1 aromatic heterocycles. The van der Waals surface area contributed by atoms with Crippen LogP contribution in [0.3, 0.4) is 0 Å². The molecular weight excluding hydrogens is 278 g/mol. The largest absolute Gasteiger partial charge is 0.271 e. The lowest BCUT2D eigenvalue weighted by Gasteiger charge is -2.18. The van der Waals surface area contributed by atoms with Crippen LogP contribution in [-0.2, 0) is 7.05 Å². The number of benzene rings is 1. The fourth-order valence-corrected chi connectivity index (χ4v) is 2.35. The van der Waals surface area contributed by atoms with Crippen molar-refractivity contribution in [3.63, 3.8) is 0 Å². The summed E-state index contributed by atoms with van der Waals surface area (Å²) in [6.07, 6.45) is 1.51. The first-order chi connectivity index (χ1) is 8.54. The standard InChI is InChI=1S/C11H11Cl2FN4/c1-18-11(9(13)5-16-18)10(17-15)7-3-2-6(14)4-8(7)12/h2-5,10,17H,15H2,1H3. The Balaban J connectivity index is 2.52. The van der Waals surface area contributed by atoms with E-state index < -0.39 is 11.9 Å². The van der Waals surface area contributed by atoms with Gasteiger partial charge in [-0.15, -0.1) is 0 Å². The summed E-state index contributed by atoms with van der Waals surface area (Å²) < 4.78 is 14.6. The van der Waals surface area contributed by atoms with E-state index in [0.29, 0.717) is 16.3 Å². The van der Waals surface area contributed by atoms with Crippen molar-refractivity contribution in [2.45, 2.75) is 6.04 Å². The van der Waals surface area contributed by atoms with E-state index in [1.54, 1.807) is 17.8 Å².